The Labute approximate surface area is 107 Å². The summed E-state index contributed by atoms with van der Waals surface area (Å²) in [5.74, 6) is 0.624. The van der Waals surface area contributed by atoms with E-state index in [0.29, 0.717) is 10.9 Å². The van der Waals surface area contributed by atoms with E-state index in [-0.39, 0.29) is 11.7 Å². The number of benzene rings is 1. The smallest absolute Gasteiger partial charge is 0.128 e. The third-order valence-corrected chi connectivity index (χ3v) is 3.97. The summed E-state index contributed by atoms with van der Waals surface area (Å²) in [7, 11) is 0. The average molecular weight is 256 g/mol. The largest absolute Gasteiger partial charge is 0.316 e. The SMILES string of the molecule is CCCC1CNCCC1c1c(F)cccc1Cl. The van der Waals surface area contributed by atoms with E-state index in [4.69, 9.17) is 11.6 Å². The second-order valence-electron chi connectivity index (χ2n) is 4.78. The van der Waals surface area contributed by atoms with Crippen molar-refractivity contribution in [3.05, 3.63) is 34.6 Å². The van der Waals surface area contributed by atoms with Gasteiger partial charge < -0.3 is 5.32 Å². The molecule has 17 heavy (non-hydrogen) atoms. The van der Waals surface area contributed by atoms with Gasteiger partial charge in [-0.3, -0.25) is 0 Å². The lowest BCUT2D eigenvalue weighted by Gasteiger charge is -2.33. The number of piperidine rings is 1. The molecule has 94 valence electrons. The zero-order valence-electron chi connectivity index (χ0n) is 10.2. The Balaban J connectivity index is 2.29. The van der Waals surface area contributed by atoms with E-state index in [1.807, 2.05) is 0 Å². The van der Waals surface area contributed by atoms with Crippen LogP contribution in [0.2, 0.25) is 5.02 Å². The molecule has 1 nitrogen and oxygen atoms in total. The van der Waals surface area contributed by atoms with Gasteiger partial charge >= 0.3 is 0 Å². The summed E-state index contributed by atoms with van der Waals surface area (Å²) in [6.07, 6.45) is 3.24. The maximum absolute atomic E-state index is 13.9. The van der Waals surface area contributed by atoms with Gasteiger partial charge in [0.1, 0.15) is 5.82 Å². The van der Waals surface area contributed by atoms with Crippen molar-refractivity contribution < 1.29 is 4.39 Å². The highest BCUT2D eigenvalue weighted by molar-refractivity contribution is 6.31. The fraction of sp³-hybridized carbons (Fsp3) is 0.571. The van der Waals surface area contributed by atoms with E-state index >= 15 is 0 Å². The molecule has 2 unspecified atom stereocenters. The lowest BCUT2D eigenvalue weighted by molar-refractivity contribution is 0.301. The monoisotopic (exact) mass is 255 g/mol. The van der Waals surface area contributed by atoms with Crippen LogP contribution < -0.4 is 5.32 Å². The van der Waals surface area contributed by atoms with Gasteiger partial charge in [0, 0.05) is 10.6 Å². The molecular weight excluding hydrogens is 237 g/mol. The van der Waals surface area contributed by atoms with Gasteiger partial charge in [0.15, 0.2) is 0 Å². The summed E-state index contributed by atoms with van der Waals surface area (Å²) >= 11 is 6.17. The van der Waals surface area contributed by atoms with E-state index < -0.39 is 0 Å². The van der Waals surface area contributed by atoms with Crippen molar-refractivity contribution in [2.45, 2.75) is 32.1 Å². The predicted molar refractivity (Wildman–Crippen MR) is 70.0 cm³/mol. The normalized spacial score (nSPS) is 24.9. The molecule has 0 aromatic heterocycles. The molecule has 1 aromatic carbocycles. The summed E-state index contributed by atoms with van der Waals surface area (Å²) < 4.78 is 13.9. The summed E-state index contributed by atoms with van der Waals surface area (Å²) in [6, 6.07) is 4.99. The van der Waals surface area contributed by atoms with Crippen molar-refractivity contribution in [1.29, 1.82) is 0 Å². The Bertz CT molecular complexity index is 358. The average Bonchev–Trinajstić information content (AvgIpc) is 2.31. The lowest BCUT2D eigenvalue weighted by Crippen LogP contribution is -2.35. The number of hydrogen-bond acceptors (Lipinski definition) is 1. The molecule has 1 aromatic rings. The van der Waals surface area contributed by atoms with E-state index in [9.17, 15) is 4.39 Å². The van der Waals surface area contributed by atoms with Gasteiger partial charge in [-0.25, -0.2) is 4.39 Å². The quantitative estimate of drug-likeness (QED) is 0.862. The fourth-order valence-electron chi connectivity index (χ4n) is 2.84. The summed E-state index contributed by atoms with van der Waals surface area (Å²) in [4.78, 5) is 0. The number of nitrogens with one attached hydrogen (secondary N) is 1. The van der Waals surface area contributed by atoms with Crippen molar-refractivity contribution in [3.8, 4) is 0 Å². The minimum Gasteiger partial charge on any atom is -0.316 e. The Morgan fingerprint density at radius 1 is 1.47 bits per heavy atom. The molecular formula is C14H19ClFN. The summed E-state index contributed by atoms with van der Waals surface area (Å²) in [5.41, 5.74) is 0.731. The zero-order chi connectivity index (χ0) is 12.3. The van der Waals surface area contributed by atoms with Crippen LogP contribution >= 0.6 is 11.6 Å². The van der Waals surface area contributed by atoms with Crippen LogP contribution in [0.3, 0.4) is 0 Å². The Kier molecular flexibility index (Phi) is 4.41. The van der Waals surface area contributed by atoms with Gasteiger partial charge in [0.05, 0.1) is 0 Å². The van der Waals surface area contributed by atoms with E-state index in [1.54, 1.807) is 12.1 Å². The zero-order valence-corrected chi connectivity index (χ0v) is 10.9. The standard InChI is InChI=1S/C14H19ClFN/c1-2-4-10-9-17-8-7-11(10)14-12(15)5-3-6-13(14)16/h3,5-6,10-11,17H,2,4,7-9H2,1H3. The number of rotatable bonds is 3. The predicted octanol–water partition coefficient (Wildman–Crippen LogP) is 3.97. The maximum Gasteiger partial charge on any atom is 0.128 e. The molecule has 0 aliphatic carbocycles. The van der Waals surface area contributed by atoms with Crippen molar-refractivity contribution in [1.82, 2.24) is 5.32 Å². The van der Waals surface area contributed by atoms with Crippen molar-refractivity contribution in [2.24, 2.45) is 5.92 Å². The molecule has 1 aliphatic rings. The first-order valence-corrected chi connectivity index (χ1v) is 6.76. The second kappa shape index (κ2) is 5.83. The number of halogens is 2. The van der Waals surface area contributed by atoms with Gasteiger partial charge in [0.25, 0.3) is 0 Å². The van der Waals surface area contributed by atoms with Crippen LogP contribution in [0.25, 0.3) is 0 Å². The Morgan fingerprint density at radius 3 is 3.00 bits per heavy atom. The second-order valence-corrected chi connectivity index (χ2v) is 5.19. The van der Waals surface area contributed by atoms with Crippen molar-refractivity contribution in [2.75, 3.05) is 13.1 Å². The van der Waals surface area contributed by atoms with Crippen LogP contribution in [0.4, 0.5) is 4.39 Å². The maximum atomic E-state index is 13.9. The first-order valence-electron chi connectivity index (χ1n) is 6.38. The van der Waals surface area contributed by atoms with Gasteiger partial charge in [0.2, 0.25) is 0 Å². The topological polar surface area (TPSA) is 12.0 Å². The summed E-state index contributed by atoms with van der Waals surface area (Å²) in [6.45, 7) is 4.10. The molecule has 2 atom stereocenters. The van der Waals surface area contributed by atoms with Crippen molar-refractivity contribution in [3.63, 3.8) is 0 Å². The van der Waals surface area contributed by atoms with Gasteiger partial charge in [-0.05, 0) is 49.9 Å². The molecule has 1 heterocycles. The fourth-order valence-corrected chi connectivity index (χ4v) is 3.15. The van der Waals surface area contributed by atoms with Crippen LogP contribution in [0.5, 0.6) is 0 Å². The van der Waals surface area contributed by atoms with Crippen molar-refractivity contribution >= 4 is 11.6 Å². The molecule has 1 N–H and O–H groups in total. The molecule has 0 radical (unpaired) electrons. The van der Waals surface area contributed by atoms with Crippen LogP contribution in [-0.2, 0) is 0 Å². The summed E-state index contributed by atoms with van der Waals surface area (Å²) in [5, 5.41) is 3.97. The molecule has 1 saturated heterocycles. The molecule has 1 fully saturated rings. The van der Waals surface area contributed by atoms with Gasteiger partial charge in [-0.2, -0.15) is 0 Å². The number of hydrogen-bond donors (Lipinski definition) is 1. The van der Waals surface area contributed by atoms with Crippen LogP contribution in [0.15, 0.2) is 18.2 Å². The molecule has 3 heteroatoms. The highest BCUT2D eigenvalue weighted by Crippen LogP contribution is 2.38. The highest BCUT2D eigenvalue weighted by atomic mass is 35.5. The third-order valence-electron chi connectivity index (χ3n) is 3.64. The van der Waals surface area contributed by atoms with E-state index in [0.717, 1.165) is 37.9 Å². The Morgan fingerprint density at radius 2 is 2.29 bits per heavy atom. The third kappa shape index (κ3) is 2.80. The Hall–Kier alpha value is -0.600. The minimum atomic E-state index is -0.148. The molecule has 0 saturated carbocycles. The van der Waals surface area contributed by atoms with Crippen LogP contribution in [0.1, 0.15) is 37.7 Å². The van der Waals surface area contributed by atoms with E-state index in [2.05, 4.69) is 12.2 Å². The first-order chi connectivity index (χ1) is 8.24. The molecule has 0 spiro atoms. The molecule has 0 amide bonds. The molecule has 2 rings (SSSR count). The molecule has 0 bridgehead atoms. The van der Waals surface area contributed by atoms with Crippen LogP contribution in [-0.4, -0.2) is 13.1 Å². The van der Waals surface area contributed by atoms with Gasteiger partial charge in [-0.15, -0.1) is 0 Å². The van der Waals surface area contributed by atoms with Gasteiger partial charge in [-0.1, -0.05) is 31.0 Å². The first kappa shape index (κ1) is 12.8. The highest BCUT2D eigenvalue weighted by Gasteiger charge is 2.29. The molecule has 1 aliphatic heterocycles. The minimum absolute atomic E-state index is 0.148. The van der Waals surface area contributed by atoms with Crippen LogP contribution in [0, 0.1) is 11.7 Å². The van der Waals surface area contributed by atoms with E-state index in [1.165, 1.54) is 6.07 Å². The lowest BCUT2D eigenvalue weighted by atomic mass is 9.79.